The minimum absolute atomic E-state index is 0. The van der Waals surface area contributed by atoms with Gasteiger partial charge in [-0.25, -0.2) is 0 Å². The van der Waals surface area contributed by atoms with E-state index in [0.717, 1.165) is 11.5 Å². The summed E-state index contributed by atoms with van der Waals surface area (Å²) < 4.78 is 45.0. The Bertz CT molecular complexity index is 172. The van der Waals surface area contributed by atoms with Gasteiger partial charge >= 0.3 is 67.8 Å². The molecule has 0 heterocycles. The van der Waals surface area contributed by atoms with Crippen molar-refractivity contribution in [3.8, 4) is 0 Å². The van der Waals surface area contributed by atoms with Crippen molar-refractivity contribution < 1.29 is 62.1 Å². The van der Waals surface area contributed by atoms with Gasteiger partial charge in [0, 0.05) is 34.1 Å². The van der Waals surface area contributed by atoms with Crippen LogP contribution in [-0.4, -0.2) is 11.5 Å². The summed E-state index contributed by atoms with van der Waals surface area (Å²) in [5.41, 5.74) is 0. The summed E-state index contributed by atoms with van der Waals surface area (Å²) in [6.45, 7) is 31.3. The maximum absolute atomic E-state index is 7.50. The molecule has 10 heteroatoms. The van der Waals surface area contributed by atoms with Crippen LogP contribution in [0.2, 0.25) is 0 Å². The topological polar surface area (TPSA) is 119 Å². The standard InChI is InChI=1S/2C4H10S.6CO.2Fe/c2*1-2-3-4-5;6*1-2;;/h2*5H,2-4H2,1H3;;;;;;;;/p-2. The molecule has 0 aromatic carbocycles. The van der Waals surface area contributed by atoms with Crippen LogP contribution >= 0.6 is 0 Å². The van der Waals surface area contributed by atoms with Crippen molar-refractivity contribution in [3.63, 3.8) is 0 Å². The minimum Gasteiger partial charge on any atom is 0 e. The molecule has 0 spiro atoms. The van der Waals surface area contributed by atoms with E-state index in [1.165, 1.54) is 25.7 Å². The Hall–Kier alpha value is 0.179. The summed E-state index contributed by atoms with van der Waals surface area (Å²) in [7, 11) is 0. The molecule has 0 rings (SSSR count). The summed E-state index contributed by atoms with van der Waals surface area (Å²) in [6, 6.07) is 0. The molecular weight excluding hydrogens is 440 g/mol. The van der Waals surface area contributed by atoms with Gasteiger partial charge in [-0.2, -0.15) is 11.5 Å². The smallest absolute Gasteiger partial charge is 0 e. The first-order valence-electron chi connectivity index (χ1n) is 5.22. The summed E-state index contributed by atoms with van der Waals surface area (Å²) >= 11 is 9.30. The zero-order valence-electron chi connectivity index (χ0n) is 13.2. The molecule has 0 radical (unpaired) electrons. The third-order valence-electron chi connectivity index (χ3n) is 0.996. The fourth-order valence-electron chi connectivity index (χ4n) is 0.289. The van der Waals surface area contributed by atoms with E-state index in [9.17, 15) is 0 Å². The van der Waals surface area contributed by atoms with E-state index < -0.39 is 0 Å². The number of hydrogen-bond acceptors (Lipinski definition) is 2. The van der Waals surface area contributed by atoms with Crippen LogP contribution in [0.1, 0.15) is 39.5 Å². The molecule has 140 valence electrons. The maximum Gasteiger partial charge on any atom is 0 e. The van der Waals surface area contributed by atoms with Gasteiger partial charge in [0.15, 0.2) is 0 Å². The summed E-state index contributed by atoms with van der Waals surface area (Å²) in [5.74, 6) is 1.85. The predicted octanol–water partition coefficient (Wildman–Crippen LogP) is 2.44. The third kappa shape index (κ3) is 570. The van der Waals surface area contributed by atoms with E-state index in [1.54, 1.807) is 0 Å². The average molecular weight is 458 g/mol. The molecule has 0 saturated carbocycles. The Morgan fingerprint density at radius 3 is 0.625 bits per heavy atom. The molecule has 0 fully saturated rings. The molecule has 0 unspecified atom stereocenters. The molecule has 0 bridgehead atoms. The van der Waals surface area contributed by atoms with E-state index in [0.29, 0.717) is 0 Å². The number of unbranched alkanes of at least 4 members (excludes halogenated alkanes) is 2. The van der Waals surface area contributed by atoms with Crippen LogP contribution in [0, 0.1) is 39.9 Å². The van der Waals surface area contributed by atoms with Crippen LogP contribution in [0.5, 0.6) is 0 Å². The van der Waals surface area contributed by atoms with Crippen LogP contribution < -0.4 is 0 Å². The molecule has 0 aromatic heterocycles. The second-order valence-electron chi connectivity index (χ2n) is 2.12. The Morgan fingerprint density at radius 1 is 0.500 bits per heavy atom. The monoisotopic (exact) mass is 458 g/mol. The van der Waals surface area contributed by atoms with Crippen molar-refractivity contribution in [2.24, 2.45) is 0 Å². The normalized spacial score (nSPS) is 4.00. The van der Waals surface area contributed by atoms with Crippen molar-refractivity contribution in [2.45, 2.75) is 39.5 Å². The molecule has 0 atom stereocenters. The first kappa shape index (κ1) is 64.6. The molecule has 0 saturated heterocycles. The minimum atomic E-state index is 0. The van der Waals surface area contributed by atoms with Crippen molar-refractivity contribution >= 4 is 25.3 Å². The molecule has 0 aliphatic rings. The molecule has 0 aliphatic heterocycles. The fourth-order valence-corrected chi connectivity index (χ4v) is 0.866. The Balaban J connectivity index is -0.0000000121. The second-order valence-corrected chi connectivity index (χ2v) is 2.93. The maximum atomic E-state index is 7.50. The van der Waals surface area contributed by atoms with Crippen LogP contribution in [0.15, 0.2) is 0 Å². The average Bonchev–Trinajstić information content (AvgIpc) is 2.67. The zero-order valence-corrected chi connectivity index (χ0v) is 17.1. The first-order chi connectivity index (χ1) is 10.8. The van der Waals surface area contributed by atoms with E-state index in [4.69, 9.17) is 27.9 Å². The van der Waals surface area contributed by atoms with Gasteiger partial charge in [-0.05, 0) is 0 Å². The molecule has 24 heavy (non-hydrogen) atoms. The molecular formula is C14H18Fe2O6S2-2. The molecule has 0 N–H and O–H groups in total. The molecule has 6 nitrogen and oxygen atoms in total. The second kappa shape index (κ2) is 299. The van der Waals surface area contributed by atoms with Crippen molar-refractivity contribution in [1.82, 2.24) is 0 Å². The van der Waals surface area contributed by atoms with E-state index in [2.05, 4.69) is 79.0 Å². The van der Waals surface area contributed by atoms with Crippen molar-refractivity contribution in [3.05, 3.63) is 39.9 Å². The van der Waals surface area contributed by atoms with Crippen molar-refractivity contribution in [1.29, 1.82) is 0 Å². The Labute approximate surface area is 177 Å². The number of rotatable bonds is 4. The third-order valence-corrected chi connectivity index (χ3v) is 1.57. The van der Waals surface area contributed by atoms with E-state index >= 15 is 0 Å². The quantitative estimate of drug-likeness (QED) is 0.278. The van der Waals surface area contributed by atoms with Crippen LogP contribution in [0.3, 0.4) is 0 Å². The molecule has 0 aromatic rings. The predicted molar refractivity (Wildman–Crippen MR) is 77.9 cm³/mol. The summed E-state index contributed by atoms with van der Waals surface area (Å²) in [5, 5.41) is 0. The van der Waals surface area contributed by atoms with Crippen LogP contribution in [-0.2, 0) is 87.3 Å². The van der Waals surface area contributed by atoms with Gasteiger partial charge in [0.2, 0.25) is 0 Å². The van der Waals surface area contributed by atoms with Gasteiger partial charge < -0.3 is 25.3 Å². The Kier molecular flexibility index (Phi) is 804. The van der Waals surface area contributed by atoms with E-state index in [1.807, 2.05) is 0 Å². The zero-order chi connectivity index (χ0) is 20.2. The fraction of sp³-hybridized carbons (Fsp3) is 0.571. The molecule has 0 amide bonds. The Morgan fingerprint density at radius 2 is 0.625 bits per heavy atom. The molecule has 0 aliphatic carbocycles. The number of hydrogen-bond donors (Lipinski definition) is 0. The summed E-state index contributed by atoms with van der Waals surface area (Å²) in [6.07, 6.45) is 4.89. The van der Waals surface area contributed by atoms with Gasteiger partial charge in [-0.3, -0.25) is 0 Å². The van der Waals surface area contributed by atoms with Gasteiger partial charge in [0.25, 0.3) is 0 Å². The van der Waals surface area contributed by atoms with Crippen LogP contribution in [0.4, 0.5) is 0 Å². The SMILES string of the molecule is CCCC[S-].CCCC[S-].[C-]#[O+].[C-]#[O+].[C-]#[O+].[C-]#[O+].[C-]#[O+].[C-]#[O+].[Fe].[Fe]. The van der Waals surface area contributed by atoms with Gasteiger partial charge in [-0.15, -0.1) is 0 Å². The van der Waals surface area contributed by atoms with Crippen LogP contribution in [0.25, 0.3) is 0 Å². The van der Waals surface area contributed by atoms with E-state index in [-0.39, 0.29) is 34.1 Å². The van der Waals surface area contributed by atoms with Gasteiger partial charge in [-0.1, -0.05) is 39.5 Å². The van der Waals surface area contributed by atoms with Gasteiger partial charge in [0.05, 0.1) is 0 Å². The summed E-state index contributed by atoms with van der Waals surface area (Å²) in [4.78, 5) is 0. The van der Waals surface area contributed by atoms with Gasteiger partial charge in [0.1, 0.15) is 0 Å². The van der Waals surface area contributed by atoms with Crippen molar-refractivity contribution in [2.75, 3.05) is 11.5 Å². The first-order valence-corrected chi connectivity index (χ1v) is 6.37. The largest absolute Gasteiger partial charge is 0 e.